The van der Waals surface area contributed by atoms with Crippen molar-refractivity contribution in [3.05, 3.63) is 70.7 Å². The van der Waals surface area contributed by atoms with Crippen molar-refractivity contribution in [2.45, 2.75) is 31.5 Å². The van der Waals surface area contributed by atoms with Gasteiger partial charge in [-0.1, -0.05) is 54.1 Å². The number of rotatable bonds is 5. The lowest BCUT2D eigenvalue weighted by Crippen LogP contribution is -2.55. The maximum absolute atomic E-state index is 12.5. The number of hydrazine groups is 1. The number of benzene rings is 2. The summed E-state index contributed by atoms with van der Waals surface area (Å²) in [6.45, 7) is 3.42. The van der Waals surface area contributed by atoms with E-state index in [1.165, 1.54) is 11.1 Å². The van der Waals surface area contributed by atoms with Crippen LogP contribution in [0, 0.1) is 0 Å². The molecule has 0 aromatic heterocycles. The summed E-state index contributed by atoms with van der Waals surface area (Å²) in [5.41, 5.74) is 9.29. The summed E-state index contributed by atoms with van der Waals surface area (Å²) in [4.78, 5) is 17.0. The van der Waals surface area contributed by atoms with E-state index in [0.29, 0.717) is 12.6 Å². The van der Waals surface area contributed by atoms with Crippen LogP contribution in [0.25, 0.3) is 0 Å². The number of carbonyl (C=O) groups excluding carboxylic acids is 1. The highest BCUT2D eigenvalue weighted by molar-refractivity contribution is 6.30. The molecule has 28 heavy (non-hydrogen) atoms. The molecule has 0 spiro atoms. The van der Waals surface area contributed by atoms with Crippen LogP contribution in [0.2, 0.25) is 5.02 Å². The fourth-order valence-corrected chi connectivity index (χ4v) is 4.16. The lowest BCUT2D eigenvalue weighted by atomic mass is 10.0. The Morgan fingerprint density at radius 3 is 2.39 bits per heavy atom. The second kappa shape index (κ2) is 9.05. The predicted octanol–water partition coefficient (Wildman–Crippen LogP) is 2.98. The topological polar surface area (TPSA) is 47.6 Å². The van der Waals surface area contributed by atoms with Crippen molar-refractivity contribution >= 4 is 17.5 Å². The largest absolute Gasteiger partial charge is 0.340 e. The molecular weight excluding hydrogens is 372 g/mol. The van der Waals surface area contributed by atoms with E-state index in [9.17, 15) is 4.79 Å². The number of hydrogen-bond donors (Lipinski definition) is 2. The summed E-state index contributed by atoms with van der Waals surface area (Å²) in [6.07, 6.45) is 2.70. The van der Waals surface area contributed by atoms with Crippen LogP contribution < -0.4 is 10.9 Å². The van der Waals surface area contributed by atoms with Gasteiger partial charge in [0.05, 0.1) is 6.17 Å². The molecule has 2 aliphatic heterocycles. The normalized spacial score (nSPS) is 23.1. The Balaban J connectivity index is 1.23. The molecule has 2 unspecified atom stereocenters. The van der Waals surface area contributed by atoms with E-state index in [0.717, 1.165) is 44.0 Å². The minimum absolute atomic E-state index is 0.264. The van der Waals surface area contributed by atoms with Gasteiger partial charge < -0.3 is 4.90 Å². The summed E-state index contributed by atoms with van der Waals surface area (Å²) in [5.74, 6) is 0.264. The molecule has 2 atom stereocenters. The molecule has 5 nitrogen and oxygen atoms in total. The van der Waals surface area contributed by atoms with Gasteiger partial charge >= 0.3 is 0 Å². The van der Waals surface area contributed by atoms with Gasteiger partial charge in [0, 0.05) is 43.7 Å². The van der Waals surface area contributed by atoms with Crippen molar-refractivity contribution in [2.75, 3.05) is 26.2 Å². The smallest absolute Gasteiger partial charge is 0.222 e. The maximum Gasteiger partial charge on any atom is 0.222 e. The maximum atomic E-state index is 12.5. The average molecular weight is 399 g/mol. The molecule has 1 amide bonds. The van der Waals surface area contributed by atoms with Gasteiger partial charge in [0.2, 0.25) is 5.91 Å². The molecule has 2 heterocycles. The third kappa shape index (κ3) is 4.73. The first-order valence-corrected chi connectivity index (χ1v) is 10.4. The van der Waals surface area contributed by atoms with Crippen molar-refractivity contribution < 1.29 is 4.79 Å². The Morgan fingerprint density at radius 1 is 0.964 bits per heavy atom. The quantitative estimate of drug-likeness (QED) is 0.812. The van der Waals surface area contributed by atoms with Crippen LogP contribution in [-0.4, -0.2) is 48.1 Å². The minimum Gasteiger partial charge on any atom is -0.340 e. The van der Waals surface area contributed by atoms with E-state index in [2.05, 4.69) is 40.0 Å². The molecule has 0 saturated carbocycles. The van der Waals surface area contributed by atoms with E-state index < -0.39 is 0 Å². The number of aryl methyl sites for hydroxylation is 1. The third-order valence-electron chi connectivity index (χ3n) is 5.73. The van der Waals surface area contributed by atoms with Gasteiger partial charge in [-0.15, -0.1) is 0 Å². The Labute approximate surface area is 171 Å². The Kier molecular flexibility index (Phi) is 6.27. The molecule has 0 radical (unpaired) electrons. The molecule has 148 valence electrons. The number of nitrogens with one attached hydrogen (secondary N) is 2. The van der Waals surface area contributed by atoms with Crippen LogP contribution in [-0.2, 0) is 11.2 Å². The number of amides is 1. The summed E-state index contributed by atoms with van der Waals surface area (Å²) >= 11 is 5.99. The number of halogens is 1. The fourth-order valence-electron chi connectivity index (χ4n) is 4.03. The zero-order valence-electron chi connectivity index (χ0n) is 16.0. The van der Waals surface area contributed by atoms with Crippen molar-refractivity contribution in [1.82, 2.24) is 20.7 Å². The van der Waals surface area contributed by atoms with E-state index >= 15 is 0 Å². The molecule has 2 aromatic carbocycles. The standard InChI is InChI=1S/C22H27ClN4O/c23-19-9-7-18(8-10-19)20-16-21(25-24-20)26-12-14-27(15-13-26)22(28)11-6-17-4-2-1-3-5-17/h1-5,7-10,20-21,24-25H,6,11-16H2. The number of hydrogen-bond acceptors (Lipinski definition) is 4. The lowest BCUT2D eigenvalue weighted by Gasteiger charge is -2.37. The first-order valence-electron chi connectivity index (χ1n) is 10.0. The summed E-state index contributed by atoms with van der Waals surface area (Å²) < 4.78 is 0. The molecule has 6 heteroatoms. The number of nitrogens with zero attached hydrogens (tertiary/aromatic N) is 2. The lowest BCUT2D eigenvalue weighted by molar-refractivity contribution is -0.133. The molecule has 2 saturated heterocycles. The molecule has 2 aromatic rings. The van der Waals surface area contributed by atoms with Crippen molar-refractivity contribution in [1.29, 1.82) is 0 Å². The zero-order valence-corrected chi connectivity index (χ0v) is 16.7. The van der Waals surface area contributed by atoms with E-state index in [4.69, 9.17) is 11.6 Å². The highest BCUT2D eigenvalue weighted by Crippen LogP contribution is 2.25. The van der Waals surface area contributed by atoms with Gasteiger partial charge in [-0.3, -0.25) is 9.69 Å². The number of carbonyl (C=O) groups is 1. The molecule has 0 bridgehead atoms. The highest BCUT2D eigenvalue weighted by atomic mass is 35.5. The van der Waals surface area contributed by atoms with Gasteiger partial charge in [-0.2, -0.15) is 0 Å². The Hall–Kier alpha value is -1.92. The van der Waals surface area contributed by atoms with Gasteiger partial charge in [0.25, 0.3) is 0 Å². The van der Waals surface area contributed by atoms with Crippen LogP contribution >= 0.6 is 11.6 Å². The average Bonchev–Trinajstić information content (AvgIpc) is 3.24. The van der Waals surface area contributed by atoms with Crippen LogP contribution in [0.5, 0.6) is 0 Å². The Morgan fingerprint density at radius 2 is 1.68 bits per heavy atom. The van der Waals surface area contributed by atoms with E-state index in [1.54, 1.807) is 0 Å². The minimum atomic E-state index is 0.264. The van der Waals surface area contributed by atoms with Crippen LogP contribution in [0.1, 0.15) is 30.0 Å². The molecule has 2 fully saturated rings. The van der Waals surface area contributed by atoms with Crippen molar-refractivity contribution in [2.24, 2.45) is 0 Å². The number of piperazine rings is 1. The second-order valence-electron chi connectivity index (χ2n) is 7.55. The van der Waals surface area contributed by atoms with Gasteiger partial charge in [0.15, 0.2) is 0 Å². The molecule has 2 N–H and O–H groups in total. The first kappa shape index (κ1) is 19.4. The van der Waals surface area contributed by atoms with Gasteiger partial charge in [0.1, 0.15) is 0 Å². The van der Waals surface area contributed by atoms with E-state index in [-0.39, 0.29) is 11.9 Å². The monoisotopic (exact) mass is 398 g/mol. The fraction of sp³-hybridized carbons (Fsp3) is 0.409. The Bertz CT molecular complexity index is 775. The van der Waals surface area contributed by atoms with Gasteiger partial charge in [-0.25, -0.2) is 10.9 Å². The molecular formula is C22H27ClN4O. The summed E-state index contributed by atoms with van der Waals surface area (Å²) in [7, 11) is 0. The first-order chi connectivity index (χ1) is 13.7. The summed E-state index contributed by atoms with van der Waals surface area (Å²) in [5, 5.41) is 0.763. The van der Waals surface area contributed by atoms with Crippen LogP contribution in [0.3, 0.4) is 0 Å². The zero-order chi connectivity index (χ0) is 19.3. The van der Waals surface area contributed by atoms with Crippen LogP contribution in [0.4, 0.5) is 0 Å². The second-order valence-corrected chi connectivity index (χ2v) is 7.98. The SMILES string of the molecule is O=C(CCc1ccccc1)N1CCN(C2CC(c3ccc(Cl)cc3)NN2)CC1. The molecule has 4 rings (SSSR count). The van der Waals surface area contributed by atoms with Gasteiger partial charge in [-0.05, 0) is 36.1 Å². The molecule has 0 aliphatic carbocycles. The molecule has 2 aliphatic rings. The highest BCUT2D eigenvalue weighted by Gasteiger charge is 2.32. The van der Waals surface area contributed by atoms with Crippen molar-refractivity contribution in [3.63, 3.8) is 0 Å². The predicted molar refractivity (Wildman–Crippen MR) is 112 cm³/mol. The third-order valence-corrected chi connectivity index (χ3v) is 5.99. The van der Waals surface area contributed by atoms with E-state index in [1.807, 2.05) is 35.2 Å². The summed E-state index contributed by atoms with van der Waals surface area (Å²) in [6, 6.07) is 18.5. The van der Waals surface area contributed by atoms with Crippen molar-refractivity contribution in [3.8, 4) is 0 Å². The van der Waals surface area contributed by atoms with Crippen LogP contribution in [0.15, 0.2) is 54.6 Å².